The predicted molar refractivity (Wildman–Crippen MR) is 110 cm³/mol. The number of rotatable bonds is 7. The summed E-state index contributed by atoms with van der Waals surface area (Å²) in [5, 5.41) is 14.7. The van der Waals surface area contributed by atoms with E-state index in [0.29, 0.717) is 0 Å². The summed E-state index contributed by atoms with van der Waals surface area (Å²) in [6.07, 6.45) is 1.18. The van der Waals surface area contributed by atoms with Crippen molar-refractivity contribution < 1.29 is 9.84 Å². The first-order chi connectivity index (χ1) is 13.1. The number of nitrogens with zero attached hydrogens (tertiary/aromatic N) is 1. The molecule has 2 N–H and O–H groups in total. The van der Waals surface area contributed by atoms with Gasteiger partial charge in [-0.15, -0.1) is 0 Å². The van der Waals surface area contributed by atoms with Crippen molar-refractivity contribution in [1.82, 2.24) is 10.2 Å². The Kier molecular flexibility index (Phi) is 6.66. The Labute approximate surface area is 163 Å². The Morgan fingerprint density at radius 2 is 1.85 bits per heavy atom. The molecule has 0 amide bonds. The molecule has 146 valence electrons. The highest BCUT2D eigenvalue weighted by Gasteiger charge is 2.39. The van der Waals surface area contributed by atoms with Crippen molar-refractivity contribution in [3.8, 4) is 0 Å². The van der Waals surface area contributed by atoms with Crippen LogP contribution >= 0.6 is 0 Å². The van der Waals surface area contributed by atoms with Gasteiger partial charge in [0.05, 0.1) is 24.4 Å². The van der Waals surface area contributed by atoms with Crippen LogP contribution in [0.5, 0.6) is 0 Å². The molecular weight excluding hydrogens is 336 g/mol. The molecule has 27 heavy (non-hydrogen) atoms. The second-order valence-electron chi connectivity index (χ2n) is 7.65. The van der Waals surface area contributed by atoms with E-state index in [1.165, 1.54) is 5.56 Å². The highest BCUT2D eigenvalue weighted by Crippen LogP contribution is 2.36. The van der Waals surface area contributed by atoms with Crippen molar-refractivity contribution in [3.05, 3.63) is 71.3 Å². The summed E-state index contributed by atoms with van der Waals surface area (Å²) >= 11 is 0. The summed E-state index contributed by atoms with van der Waals surface area (Å²) < 4.78 is 5.84. The molecule has 1 fully saturated rings. The Hall–Kier alpha value is -1.72. The first-order valence-corrected chi connectivity index (χ1v) is 9.88. The SMILES string of the molecule is CCC(Cc1ccccc1)(C(O)c1ccc(C2CNCCO2)cc1)N(C)C. The summed E-state index contributed by atoms with van der Waals surface area (Å²) in [7, 11) is 4.12. The molecule has 1 saturated heterocycles. The lowest BCUT2D eigenvalue weighted by Gasteiger charge is -2.43. The van der Waals surface area contributed by atoms with Crippen molar-refractivity contribution in [2.45, 2.75) is 37.5 Å². The molecule has 3 atom stereocenters. The minimum absolute atomic E-state index is 0.0963. The quantitative estimate of drug-likeness (QED) is 0.787. The largest absolute Gasteiger partial charge is 0.386 e. The van der Waals surface area contributed by atoms with E-state index in [9.17, 15) is 5.11 Å². The van der Waals surface area contributed by atoms with Gasteiger partial charge in [-0.25, -0.2) is 0 Å². The molecule has 1 heterocycles. The maximum Gasteiger partial charge on any atom is 0.0976 e. The molecule has 4 nitrogen and oxygen atoms in total. The lowest BCUT2D eigenvalue weighted by molar-refractivity contribution is -0.0123. The Balaban J connectivity index is 1.83. The molecule has 1 aliphatic heterocycles. The summed E-state index contributed by atoms with van der Waals surface area (Å²) in [6, 6.07) is 18.7. The molecule has 3 unspecified atom stereocenters. The van der Waals surface area contributed by atoms with Crippen LogP contribution in [-0.2, 0) is 11.2 Å². The summed E-state index contributed by atoms with van der Waals surface area (Å²) in [5.74, 6) is 0. The molecule has 2 aromatic rings. The minimum Gasteiger partial charge on any atom is -0.386 e. The first-order valence-electron chi connectivity index (χ1n) is 9.88. The third-order valence-corrected chi connectivity index (χ3v) is 5.92. The molecular formula is C23H32N2O2. The average Bonchev–Trinajstić information content (AvgIpc) is 2.73. The van der Waals surface area contributed by atoms with E-state index in [0.717, 1.165) is 43.7 Å². The van der Waals surface area contributed by atoms with Gasteiger partial charge in [-0.1, -0.05) is 61.5 Å². The van der Waals surface area contributed by atoms with Gasteiger partial charge in [0, 0.05) is 13.1 Å². The van der Waals surface area contributed by atoms with E-state index in [4.69, 9.17) is 4.74 Å². The summed E-state index contributed by atoms with van der Waals surface area (Å²) in [6.45, 7) is 4.65. The van der Waals surface area contributed by atoms with Crippen LogP contribution < -0.4 is 5.32 Å². The molecule has 3 rings (SSSR count). The second-order valence-corrected chi connectivity index (χ2v) is 7.65. The van der Waals surface area contributed by atoms with Crippen molar-refractivity contribution in [3.63, 3.8) is 0 Å². The lowest BCUT2D eigenvalue weighted by atomic mass is 9.78. The molecule has 1 aliphatic rings. The zero-order valence-corrected chi connectivity index (χ0v) is 16.7. The van der Waals surface area contributed by atoms with Gasteiger partial charge < -0.3 is 20.1 Å². The minimum atomic E-state index is -0.572. The van der Waals surface area contributed by atoms with Gasteiger partial charge in [0.25, 0.3) is 0 Å². The van der Waals surface area contributed by atoms with E-state index in [1.807, 2.05) is 6.07 Å². The van der Waals surface area contributed by atoms with Crippen LogP contribution in [0.2, 0.25) is 0 Å². The van der Waals surface area contributed by atoms with Crippen molar-refractivity contribution in [1.29, 1.82) is 0 Å². The Bertz CT molecular complexity index is 696. The van der Waals surface area contributed by atoms with Crippen LogP contribution in [0.4, 0.5) is 0 Å². The lowest BCUT2D eigenvalue weighted by Crippen LogP contribution is -2.50. The smallest absolute Gasteiger partial charge is 0.0976 e. The van der Waals surface area contributed by atoms with Gasteiger partial charge in [0.1, 0.15) is 0 Å². The number of aliphatic hydroxyl groups excluding tert-OH is 1. The summed E-state index contributed by atoms with van der Waals surface area (Å²) in [5.41, 5.74) is 3.00. The van der Waals surface area contributed by atoms with Crippen molar-refractivity contribution in [2.75, 3.05) is 33.8 Å². The van der Waals surface area contributed by atoms with Crippen LogP contribution in [0.1, 0.15) is 42.2 Å². The molecule has 0 spiro atoms. The number of likely N-dealkylation sites (N-methyl/N-ethyl adjacent to an activating group) is 1. The molecule has 0 bridgehead atoms. The predicted octanol–water partition coefficient (Wildman–Crippen LogP) is 3.33. The Morgan fingerprint density at radius 3 is 2.41 bits per heavy atom. The highest BCUT2D eigenvalue weighted by atomic mass is 16.5. The fourth-order valence-electron chi connectivity index (χ4n) is 4.07. The molecule has 0 aliphatic carbocycles. The molecule has 0 radical (unpaired) electrons. The van der Waals surface area contributed by atoms with Gasteiger partial charge in [-0.05, 0) is 43.6 Å². The maximum atomic E-state index is 11.4. The van der Waals surface area contributed by atoms with E-state index >= 15 is 0 Å². The third-order valence-electron chi connectivity index (χ3n) is 5.92. The molecule has 0 aromatic heterocycles. The molecule has 4 heteroatoms. The third kappa shape index (κ3) is 4.41. The van der Waals surface area contributed by atoms with Crippen molar-refractivity contribution in [2.24, 2.45) is 0 Å². The highest BCUT2D eigenvalue weighted by molar-refractivity contribution is 5.30. The second kappa shape index (κ2) is 8.98. The fraction of sp³-hybridized carbons (Fsp3) is 0.478. The number of hydrogen-bond donors (Lipinski definition) is 2. The van der Waals surface area contributed by atoms with Crippen molar-refractivity contribution >= 4 is 0 Å². The first kappa shape index (κ1) is 20.0. The topological polar surface area (TPSA) is 44.7 Å². The number of nitrogens with one attached hydrogen (secondary N) is 1. The van der Waals surface area contributed by atoms with Crippen LogP contribution in [0.3, 0.4) is 0 Å². The van der Waals surface area contributed by atoms with E-state index in [-0.39, 0.29) is 11.6 Å². The number of aliphatic hydroxyl groups is 1. The van der Waals surface area contributed by atoms with Crippen LogP contribution in [-0.4, -0.2) is 49.3 Å². The van der Waals surface area contributed by atoms with Gasteiger partial charge >= 0.3 is 0 Å². The maximum absolute atomic E-state index is 11.4. The standard InChI is InChI=1S/C23H32N2O2/c1-4-23(25(2)3,16-18-8-6-5-7-9-18)22(26)20-12-10-19(11-13-20)21-17-24-14-15-27-21/h5-13,21-22,24,26H,4,14-17H2,1-3H3. The number of benzene rings is 2. The van der Waals surface area contributed by atoms with Crippen LogP contribution in [0, 0.1) is 0 Å². The normalized spacial score (nSPS) is 21.0. The Morgan fingerprint density at radius 1 is 1.15 bits per heavy atom. The fourth-order valence-corrected chi connectivity index (χ4v) is 4.07. The molecule has 2 aromatic carbocycles. The van der Waals surface area contributed by atoms with Gasteiger partial charge in [0.15, 0.2) is 0 Å². The van der Waals surface area contributed by atoms with Crippen LogP contribution in [0.15, 0.2) is 54.6 Å². The van der Waals surface area contributed by atoms with Gasteiger partial charge in [-0.3, -0.25) is 0 Å². The zero-order chi connectivity index (χ0) is 19.3. The molecule has 0 saturated carbocycles. The van der Waals surface area contributed by atoms with E-state index in [1.54, 1.807) is 0 Å². The number of hydrogen-bond acceptors (Lipinski definition) is 4. The average molecular weight is 369 g/mol. The van der Waals surface area contributed by atoms with Gasteiger partial charge in [0.2, 0.25) is 0 Å². The van der Waals surface area contributed by atoms with Gasteiger partial charge in [-0.2, -0.15) is 0 Å². The van der Waals surface area contributed by atoms with E-state index in [2.05, 4.69) is 79.8 Å². The number of morpholine rings is 1. The van der Waals surface area contributed by atoms with E-state index < -0.39 is 6.10 Å². The number of ether oxygens (including phenoxy) is 1. The van der Waals surface area contributed by atoms with Crippen LogP contribution in [0.25, 0.3) is 0 Å². The monoisotopic (exact) mass is 368 g/mol. The summed E-state index contributed by atoms with van der Waals surface area (Å²) in [4.78, 5) is 2.17. The zero-order valence-electron chi connectivity index (χ0n) is 16.7.